The minimum atomic E-state index is -0.173. The second kappa shape index (κ2) is 8.29. The largest absolute Gasteiger partial charge is 0.369 e. The van der Waals surface area contributed by atoms with Crippen molar-refractivity contribution in [1.82, 2.24) is 15.1 Å². The highest BCUT2D eigenvalue weighted by molar-refractivity contribution is 5.88. The molecule has 6 nitrogen and oxygen atoms in total. The minimum absolute atomic E-state index is 0.173. The Morgan fingerprint density at radius 1 is 1.22 bits per heavy atom. The van der Waals surface area contributed by atoms with Crippen LogP contribution in [-0.2, 0) is 13.0 Å². The van der Waals surface area contributed by atoms with Crippen molar-refractivity contribution < 1.29 is 4.79 Å². The number of nitrogens with one attached hydrogen (secondary N) is 2. The van der Waals surface area contributed by atoms with Crippen LogP contribution in [0.15, 0.2) is 48.7 Å². The number of nitrogens with zero attached hydrogens (tertiary/aromatic N) is 3. The van der Waals surface area contributed by atoms with Gasteiger partial charge in [0.15, 0.2) is 0 Å². The first-order chi connectivity index (χ1) is 13.3. The predicted octanol–water partition coefficient (Wildman–Crippen LogP) is 3.42. The summed E-state index contributed by atoms with van der Waals surface area (Å²) in [5.41, 5.74) is 2.68. The van der Waals surface area contributed by atoms with Gasteiger partial charge in [0.05, 0.1) is 6.20 Å². The van der Waals surface area contributed by atoms with Gasteiger partial charge in [-0.15, -0.1) is 0 Å². The molecule has 2 N–H and O–H groups in total. The van der Waals surface area contributed by atoms with Crippen LogP contribution >= 0.6 is 0 Å². The van der Waals surface area contributed by atoms with E-state index in [0.29, 0.717) is 12.5 Å². The van der Waals surface area contributed by atoms with Crippen LogP contribution in [0.4, 0.5) is 16.3 Å². The Balaban J connectivity index is 1.24. The topological polar surface area (TPSA) is 62.2 Å². The number of urea groups is 1. The van der Waals surface area contributed by atoms with Gasteiger partial charge in [0, 0.05) is 37.9 Å². The summed E-state index contributed by atoms with van der Waals surface area (Å²) in [6.07, 6.45) is 10.7. The highest BCUT2D eigenvalue weighted by atomic mass is 16.2. The van der Waals surface area contributed by atoms with E-state index >= 15 is 0 Å². The molecule has 0 saturated heterocycles. The average molecular weight is 365 g/mol. The van der Waals surface area contributed by atoms with Gasteiger partial charge >= 0.3 is 6.03 Å². The number of benzene rings is 1. The molecule has 0 unspecified atom stereocenters. The molecule has 2 aromatic rings. The van der Waals surface area contributed by atoms with Gasteiger partial charge in [-0.25, -0.2) is 9.48 Å². The zero-order valence-corrected chi connectivity index (χ0v) is 15.6. The number of carbonyl (C=O) groups excluding carboxylic acids is 1. The molecule has 2 heterocycles. The second-order valence-electron chi connectivity index (χ2n) is 7.30. The quantitative estimate of drug-likeness (QED) is 0.771. The van der Waals surface area contributed by atoms with Gasteiger partial charge in [0.2, 0.25) is 0 Å². The summed E-state index contributed by atoms with van der Waals surface area (Å²) >= 11 is 0. The Bertz CT molecular complexity index is 812. The SMILES string of the molecule is O=C(NCCN1CCc2ccccc21)Nc1ccnn1C[C@@H]1CC=CCC1. The van der Waals surface area contributed by atoms with Crippen LogP contribution in [0.2, 0.25) is 0 Å². The van der Waals surface area contributed by atoms with Crippen LogP contribution in [0.5, 0.6) is 0 Å². The van der Waals surface area contributed by atoms with E-state index in [4.69, 9.17) is 0 Å². The van der Waals surface area contributed by atoms with Crippen LogP contribution in [-0.4, -0.2) is 35.4 Å². The van der Waals surface area contributed by atoms with E-state index in [1.807, 2.05) is 10.7 Å². The van der Waals surface area contributed by atoms with Gasteiger partial charge in [-0.2, -0.15) is 5.10 Å². The number of anilines is 2. The first-order valence-corrected chi connectivity index (χ1v) is 9.84. The Labute approximate surface area is 160 Å². The third-order valence-electron chi connectivity index (χ3n) is 5.42. The fourth-order valence-electron chi connectivity index (χ4n) is 3.95. The Kier molecular flexibility index (Phi) is 5.42. The molecule has 142 valence electrons. The molecule has 1 aromatic carbocycles. The van der Waals surface area contributed by atoms with E-state index in [9.17, 15) is 4.79 Å². The predicted molar refractivity (Wildman–Crippen MR) is 108 cm³/mol. The zero-order chi connectivity index (χ0) is 18.5. The van der Waals surface area contributed by atoms with Crippen LogP contribution in [0.1, 0.15) is 24.8 Å². The summed E-state index contributed by atoms with van der Waals surface area (Å²) in [5, 5.41) is 10.3. The lowest BCUT2D eigenvalue weighted by Crippen LogP contribution is -2.37. The highest BCUT2D eigenvalue weighted by Crippen LogP contribution is 2.26. The molecule has 0 spiro atoms. The van der Waals surface area contributed by atoms with Crippen molar-refractivity contribution >= 4 is 17.5 Å². The molecule has 1 aromatic heterocycles. The third kappa shape index (κ3) is 4.32. The Hall–Kier alpha value is -2.76. The summed E-state index contributed by atoms with van der Waals surface area (Å²) in [5.74, 6) is 1.35. The number of para-hydroxylation sites is 1. The van der Waals surface area contributed by atoms with Gasteiger partial charge < -0.3 is 10.2 Å². The van der Waals surface area contributed by atoms with E-state index in [1.54, 1.807) is 6.20 Å². The maximum Gasteiger partial charge on any atom is 0.320 e. The first-order valence-electron chi connectivity index (χ1n) is 9.84. The maximum absolute atomic E-state index is 12.3. The van der Waals surface area contributed by atoms with E-state index in [2.05, 4.69) is 57.0 Å². The summed E-state index contributed by atoms with van der Waals surface area (Å²) in [7, 11) is 0. The molecule has 1 aliphatic carbocycles. The summed E-state index contributed by atoms with van der Waals surface area (Å²) in [4.78, 5) is 14.6. The fraction of sp³-hybridized carbons (Fsp3) is 0.429. The van der Waals surface area contributed by atoms with Crippen molar-refractivity contribution in [3.05, 3.63) is 54.2 Å². The molecule has 2 aliphatic rings. The molecule has 2 amide bonds. The number of rotatable bonds is 6. The van der Waals surface area contributed by atoms with Gasteiger partial charge in [0.25, 0.3) is 0 Å². The molecule has 27 heavy (non-hydrogen) atoms. The Morgan fingerprint density at radius 2 is 2.15 bits per heavy atom. The molecular weight excluding hydrogens is 338 g/mol. The van der Waals surface area contributed by atoms with E-state index in [1.165, 1.54) is 17.7 Å². The number of aromatic nitrogens is 2. The maximum atomic E-state index is 12.3. The van der Waals surface area contributed by atoms with Crippen molar-refractivity contribution in [3.63, 3.8) is 0 Å². The summed E-state index contributed by atoms with van der Waals surface area (Å²) in [6.45, 7) is 3.29. The van der Waals surface area contributed by atoms with E-state index < -0.39 is 0 Å². The number of fused-ring (bicyclic) bond motifs is 1. The lowest BCUT2D eigenvalue weighted by molar-refractivity contribution is 0.252. The molecule has 0 bridgehead atoms. The van der Waals surface area contributed by atoms with Crippen LogP contribution in [0.25, 0.3) is 0 Å². The molecule has 4 rings (SSSR count). The number of hydrogen-bond donors (Lipinski definition) is 2. The molecular formula is C21H27N5O. The van der Waals surface area contributed by atoms with Crippen molar-refractivity contribution in [3.8, 4) is 0 Å². The summed E-state index contributed by atoms with van der Waals surface area (Å²) in [6, 6.07) is 10.2. The monoisotopic (exact) mass is 365 g/mol. The highest BCUT2D eigenvalue weighted by Gasteiger charge is 2.18. The minimum Gasteiger partial charge on any atom is -0.369 e. The lowest BCUT2D eigenvalue weighted by atomic mass is 9.94. The molecule has 0 fully saturated rings. The smallest absolute Gasteiger partial charge is 0.320 e. The lowest BCUT2D eigenvalue weighted by Gasteiger charge is -2.20. The average Bonchev–Trinajstić information content (AvgIpc) is 3.30. The number of hydrogen-bond acceptors (Lipinski definition) is 3. The van der Waals surface area contributed by atoms with Gasteiger partial charge in [-0.1, -0.05) is 30.4 Å². The standard InChI is InChI=1S/C21H27N5O/c27-21(22-13-15-25-14-11-18-8-4-5-9-19(18)25)24-20-10-12-23-26(20)16-17-6-2-1-3-7-17/h1-2,4-5,8-10,12,17H,3,6-7,11,13-16H2,(H2,22,24,27)/t17-/m1/s1. The van der Waals surface area contributed by atoms with Crippen molar-refractivity contribution in [2.75, 3.05) is 29.9 Å². The van der Waals surface area contributed by atoms with E-state index in [-0.39, 0.29) is 6.03 Å². The van der Waals surface area contributed by atoms with Crippen LogP contribution in [0.3, 0.4) is 0 Å². The first kappa shape index (κ1) is 17.6. The van der Waals surface area contributed by atoms with E-state index in [0.717, 1.165) is 44.7 Å². The number of allylic oxidation sites excluding steroid dienone is 2. The molecule has 0 radical (unpaired) electrons. The van der Waals surface area contributed by atoms with Crippen molar-refractivity contribution in [1.29, 1.82) is 0 Å². The number of carbonyl (C=O) groups is 1. The zero-order valence-electron chi connectivity index (χ0n) is 15.6. The van der Waals surface area contributed by atoms with Gasteiger partial charge in [-0.3, -0.25) is 5.32 Å². The van der Waals surface area contributed by atoms with Gasteiger partial charge in [0.1, 0.15) is 5.82 Å². The number of amides is 2. The van der Waals surface area contributed by atoms with Gasteiger partial charge in [-0.05, 0) is 43.2 Å². The second-order valence-corrected chi connectivity index (χ2v) is 7.30. The van der Waals surface area contributed by atoms with Crippen molar-refractivity contribution in [2.24, 2.45) is 5.92 Å². The molecule has 0 saturated carbocycles. The third-order valence-corrected chi connectivity index (χ3v) is 5.42. The molecule has 1 atom stereocenters. The fourth-order valence-corrected chi connectivity index (χ4v) is 3.95. The molecule has 6 heteroatoms. The Morgan fingerprint density at radius 3 is 3.04 bits per heavy atom. The van der Waals surface area contributed by atoms with Crippen molar-refractivity contribution in [2.45, 2.75) is 32.2 Å². The normalized spacial score (nSPS) is 18.4. The molecule has 1 aliphatic heterocycles. The van der Waals surface area contributed by atoms with Crippen LogP contribution in [0, 0.1) is 5.92 Å². The van der Waals surface area contributed by atoms with Crippen LogP contribution < -0.4 is 15.5 Å². The summed E-state index contributed by atoms with van der Waals surface area (Å²) < 4.78 is 1.90.